The zero-order valence-corrected chi connectivity index (χ0v) is 12.5. The van der Waals surface area contributed by atoms with E-state index in [-0.39, 0.29) is 0 Å². The maximum absolute atomic E-state index is 8.67. The molecular weight excluding hydrogens is 298 g/mol. The molecule has 3 heterocycles. The number of rotatable bonds is 6. The number of hydrogen-bond acceptors (Lipinski definition) is 6. The van der Waals surface area contributed by atoms with Crippen LogP contribution < -0.4 is 0 Å². The van der Waals surface area contributed by atoms with Gasteiger partial charge >= 0.3 is 0 Å². The highest BCUT2D eigenvalue weighted by Gasteiger charge is 2.15. The summed E-state index contributed by atoms with van der Waals surface area (Å²) >= 11 is 1.51. The predicted molar refractivity (Wildman–Crippen MR) is 82.0 cm³/mol. The molecule has 0 bridgehead atoms. The molecule has 0 aliphatic rings. The van der Waals surface area contributed by atoms with Crippen molar-refractivity contribution < 1.29 is 4.42 Å². The Bertz CT molecular complexity index is 761. The molecule has 110 valence electrons. The van der Waals surface area contributed by atoms with Crippen LogP contribution in [0, 0.1) is 11.3 Å². The Morgan fingerprint density at radius 2 is 2.23 bits per heavy atom. The molecule has 3 rings (SSSR count). The van der Waals surface area contributed by atoms with Crippen LogP contribution in [-0.4, -0.2) is 25.5 Å². The molecule has 6 nitrogen and oxygen atoms in total. The van der Waals surface area contributed by atoms with Gasteiger partial charge in [0, 0.05) is 30.1 Å². The van der Waals surface area contributed by atoms with E-state index in [1.165, 1.54) is 11.8 Å². The van der Waals surface area contributed by atoms with E-state index in [2.05, 4.69) is 21.3 Å². The average Bonchev–Trinajstić information content (AvgIpc) is 3.20. The highest BCUT2D eigenvalue weighted by Crippen LogP contribution is 2.25. The second kappa shape index (κ2) is 6.91. The Morgan fingerprint density at radius 1 is 1.27 bits per heavy atom. The first kappa shape index (κ1) is 14.4. The van der Waals surface area contributed by atoms with Gasteiger partial charge in [-0.2, -0.15) is 5.26 Å². The molecule has 0 aromatic carbocycles. The fourth-order valence-corrected chi connectivity index (χ4v) is 2.77. The molecule has 0 atom stereocenters. The number of pyridine rings is 1. The molecular formula is C15H13N5OS. The van der Waals surface area contributed by atoms with Crippen molar-refractivity contribution in [3.05, 3.63) is 48.7 Å². The van der Waals surface area contributed by atoms with E-state index < -0.39 is 0 Å². The minimum Gasteiger partial charge on any atom is -0.467 e. The first-order valence-electron chi connectivity index (χ1n) is 6.74. The topological polar surface area (TPSA) is 80.5 Å². The molecule has 22 heavy (non-hydrogen) atoms. The minimum atomic E-state index is 0.473. The van der Waals surface area contributed by atoms with Crippen LogP contribution in [0.15, 0.2) is 52.5 Å². The molecule has 0 radical (unpaired) electrons. The van der Waals surface area contributed by atoms with Crippen LogP contribution in [0.3, 0.4) is 0 Å². The lowest BCUT2D eigenvalue weighted by Crippen LogP contribution is -2.03. The van der Waals surface area contributed by atoms with Gasteiger partial charge in [0.05, 0.1) is 18.9 Å². The Balaban J connectivity index is 1.94. The maximum Gasteiger partial charge on any atom is 0.191 e. The summed E-state index contributed by atoms with van der Waals surface area (Å²) in [4.78, 5) is 4.13. The number of furan rings is 1. The van der Waals surface area contributed by atoms with Crippen LogP contribution in [0.1, 0.15) is 12.2 Å². The number of thioether (sulfide) groups is 1. The van der Waals surface area contributed by atoms with Gasteiger partial charge in [0.1, 0.15) is 5.76 Å². The van der Waals surface area contributed by atoms with Crippen molar-refractivity contribution in [2.24, 2.45) is 0 Å². The third-order valence-corrected chi connectivity index (χ3v) is 3.94. The van der Waals surface area contributed by atoms with Crippen LogP contribution in [-0.2, 0) is 6.54 Å². The molecule has 0 spiro atoms. The quantitative estimate of drug-likeness (QED) is 0.514. The lowest BCUT2D eigenvalue weighted by molar-refractivity contribution is 0.485. The van der Waals surface area contributed by atoms with E-state index in [0.29, 0.717) is 18.7 Å². The molecule has 7 heteroatoms. The van der Waals surface area contributed by atoms with Gasteiger partial charge in [0.15, 0.2) is 11.0 Å². The summed E-state index contributed by atoms with van der Waals surface area (Å²) in [6.45, 7) is 0.541. The van der Waals surface area contributed by atoms with Crippen LogP contribution in [0.4, 0.5) is 0 Å². The molecule has 0 N–H and O–H groups in total. The summed E-state index contributed by atoms with van der Waals surface area (Å²) in [6, 6.07) is 9.71. The highest BCUT2D eigenvalue weighted by atomic mass is 32.2. The van der Waals surface area contributed by atoms with Crippen molar-refractivity contribution in [3.63, 3.8) is 0 Å². The standard InChI is InChI=1S/C15H13N5OS/c16-6-3-9-22-15-19-18-14(12-4-1-7-17-10-12)20(15)11-13-5-2-8-21-13/h1-2,4-5,7-8,10H,3,9,11H2. The Labute approximate surface area is 131 Å². The molecule has 3 aromatic heterocycles. The number of hydrogen-bond donors (Lipinski definition) is 0. The van der Waals surface area contributed by atoms with Gasteiger partial charge in [-0.3, -0.25) is 9.55 Å². The van der Waals surface area contributed by atoms with Crippen molar-refractivity contribution in [3.8, 4) is 17.5 Å². The zero-order valence-electron chi connectivity index (χ0n) is 11.7. The third-order valence-electron chi connectivity index (χ3n) is 2.98. The van der Waals surface area contributed by atoms with Crippen molar-refractivity contribution in [2.45, 2.75) is 18.1 Å². The number of nitrogens with zero attached hydrogens (tertiary/aromatic N) is 5. The van der Waals surface area contributed by atoms with E-state index in [9.17, 15) is 0 Å². The van der Waals surface area contributed by atoms with E-state index in [1.807, 2.05) is 28.8 Å². The largest absolute Gasteiger partial charge is 0.467 e. The monoisotopic (exact) mass is 311 g/mol. The van der Waals surface area contributed by atoms with Crippen molar-refractivity contribution in [2.75, 3.05) is 5.75 Å². The third kappa shape index (κ3) is 3.18. The van der Waals surface area contributed by atoms with Crippen LogP contribution in [0.2, 0.25) is 0 Å². The smallest absolute Gasteiger partial charge is 0.191 e. The molecule has 0 aliphatic carbocycles. The van der Waals surface area contributed by atoms with E-state index >= 15 is 0 Å². The summed E-state index contributed by atoms with van der Waals surface area (Å²) in [5.74, 6) is 2.25. The summed E-state index contributed by atoms with van der Waals surface area (Å²) in [7, 11) is 0. The molecule has 0 amide bonds. The average molecular weight is 311 g/mol. The maximum atomic E-state index is 8.67. The predicted octanol–water partition coefficient (Wildman–Crippen LogP) is 2.99. The fourth-order valence-electron chi connectivity index (χ4n) is 1.99. The SMILES string of the molecule is N#CCCSc1nnc(-c2cccnc2)n1Cc1ccco1. The van der Waals surface area contributed by atoms with Crippen molar-refractivity contribution >= 4 is 11.8 Å². The minimum absolute atomic E-state index is 0.473. The van der Waals surface area contributed by atoms with Crippen LogP contribution in [0.25, 0.3) is 11.4 Å². The van der Waals surface area contributed by atoms with E-state index in [4.69, 9.17) is 9.68 Å². The van der Waals surface area contributed by atoms with Gasteiger partial charge in [-0.15, -0.1) is 10.2 Å². The second-order valence-electron chi connectivity index (χ2n) is 4.47. The fraction of sp³-hybridized carbons (Fsp3) is 0.200. The van der Waals surface area contributed by atoms with Crippen LogP contribution in [0.5, 0.6) is 0 Å². The summed E-state index contributed by atoms with van der Waals surface area (Å²) in [5, 5.41) is 18.0. The molecule has 0 saturated heterocycles. The Kier molecular flexibility index (Phi) is 4.51. The Hall–Kier alpha value is -2.59. The van der Waals surface area contributed by atoms with Gasteiger partial charge in [-0.05, 0) is 24.3 Å². The van der Waals surface area contributed by atoms with Gasteiger partial charge in [-0.1, -0.05) is 11.8 Å². The van der Waals surface area contributed by atoms with Gasteiger partial charge < -0.3 is 4.42 Å². The highest BCUT2D eigenvalue weighted by molar-refractivity contribution is 7.99. The van der Waals surface area contributed by atoms with Gasteiger partial charge in [0.2, 0.25) is 0 Å². The first-order valence-corrected chi connectivity index (χ1v) is 7.73. The Morgan fingerprint density at radius 3 is 2.95 bits per heavy atom. The molecule has 0 fully saturated rings. The summed E-state index contributed by atoms with van der Waals surface area (Å²) in [6.07, 6.45) is 5.60. The molecule has 0 aliphatic heterocycles. The summed E-state index contributed by atoms with van der Waals surface area (Å²) < 4.78 is 7.41. The lowest BCUT2D eigenvalue weighted by atomic mass is 10.2. The molecule has 0 unspecified atom stereocenters. The van der Waals surface area contributed by atoms with Gasteiger partial charge in [0.25, 0.3) is 0 Å². The number of aromatic nitrogens is 4. The van der Waals surface area contributed by atoms with Crippen molar-refractivity contribution in [1.29, 1.82) is 5.26 Å². The van der Waals surface area contributed by atoms with Gasteiger partial charge in [-0.25, -0.2) is 0 Å². The first-order chi connectivity index (χ1) is 10.9. The number of nitriles is 1. The molecule has 3 aromatic rings. The van der Waals surface area contributed by atoms with Crippen LogP contribution >= 0.6 is 11.8 Å². The lowest BCUT2D eigenvalue weighted by Gasteiger charge is -2.08. The van der Waals surface area contributed by atoms with Crippen molar-refractivity contribution in [1.82, 2.24) is 19.7 Å². The zero-order chi connectivity index (χ0) is 15.2. The summed E-state index contributed by atoms with van der Waals surface area (Å²) in [5.41, 5.74) is 0.897. The van der Waals surface area contributed by atoms with E-state index in [0.717, 1.165) is 22.3 Å². The second-order valence-corrected chi connectivity index (χ2v) is 5.53. The van der Waals surface area contributed by atoms with E-state index in [1.54, 1.807) is 18.7 Å². The molecule has 0 saturated carbocycles. The normalized spacial score (nSPS) is 10.5.